The van der Waals surface area contributed by atoms with E-state index in [1.54, 1.807) is 22.8 Å². The molecule has 32 heavy (non-hydrogen) atoms. The summed E-state index contributed by atoms with van der Waals surface area (Å²) in [5.74, 6) is -0.457. The Bertz CT molecular complexity index is 1460. The zero-order chi connectivity index (χ0) is 22.1. The summed E-state index contributed by atoms with van der Waals surface area (Å²) in [5, 5.41) is 3.92. The topological polar surface area (TPSA) is 60.7 Å². The molecule has 1 aromatic carbocycles. The summed E-state index contributed by atoms with van der Waals surface area (Å²) >= 11 is 4.42. The summed E-state index contributed by atoms with van der Waals surface area (Å²) in [6.07, 6.45) is 1.89. The Balaban J connectivity index is 1.83. The Morgan fingerprint density at radius 1 is 1.09 bits per heavy atom. The number of benzene rings is 1. The number of aromatic nitrogens is 1. The summed E-state index contributed by atoms with van der Waals surface area (Å²) in [6, 6.07) is 16.8. The maximum atomic E-state index is 13.5. The number of rotatable bonds is 5. The molecule has 4 heterocycles. The molecule has 5 nitrogen and oxygen atoms in total. The summed E-state index contributed by atoms with van der Waals surface area (Å²) in [4.78, 5) is 34.0. The molecule has 1 aliphatic heterocycles. The highest BCUT2D eigenvalue weighted by atomic mass is 32.1. The number of nitrogens with zero attached hydrogens (tertiary/aromatic N) is 2. The minimum absolute atomic E-state index is 0.158. The lowest BCUT2D eigenvalue weighted by Gasteiger charge is -2.24. The van der Waals surface area contributed by atoms with Gasteiger partial charge in [0.2, 0.25) is 0 Å². The zero-order valence-corrected chi connectivity index (χ0v) is 19.5. The Hall–Kier alpha value is -3.07. The molecule has 0 unspecified atom stereocenters. The molecule has 0 radical (unpaired) electrons. The van der Waals surface area contributed by atoms with Gasteiger partial charge in [0.05, 0.1) is 22.4 Å². The van der Waals surface area contributed by atoms with Crippen LogP contribution in [0, 0.1) is 0 Å². The zero-order valence-electron chi connectivity index (χ0n) is 17.1. The third-order valence-electron chi connectivity index (χ3n) is 5.00. The van der Waals surface area contributed by atoms with Gasteiger partial charge in [0, 0.05) is 15.3 Å². The number of fused-ring (bicyclic) bond motifs is 1. The van der Waals surface area contributed by atoms with Crippen molar-refractivity contribution in [3.05, 3.63) is 106 Å². The average molecular weight is 479 g/mol. The second kappa shape index (κ2) is 8.82. The van der Waals surface area contributed by atoms with Crippen molar-refractivity contribution >= 4 is 51.8 Å². The minimum Gasteiger partial charge on any atom is -0.463 e. The minimum atomic E-state index is -0.592. The average Bonchev–Trinajstić information content (AvgIpc) is 3.57. The van der Waals surface area contributed by atoms with Crippen LogP contribution in [-0.4, -0.2) is 17.1 Å². The molecular formula is C24H18N2O3S3. The quantitative estimate of drug-likeness (QED) is 0.407. The highest BCUT2D eigenvalue weighted by molar-refractivity contribution is 7.11. The molecule has 0 spiro atoms. The second-order valence-corrected chi connectivity index (χ2v) is 9.93. The monoisotopic (exact) mass is 478 g/mol. The van der Waals surface area contributed by atoms with E-state index in [1.807, 2.05) is 71.4 Å². The van der Waals surface area contributed by atoms with Crippen LogP contribution in [0.15, 0.2) is 80.7 Å². The van der Waals surface area contributed by atoms with Gasteiger partial charge in [0.25, 0.3) is 5.56 Å². The highest BCUT2D eigenvalue weighted by Gasteiger charge is 2.35. The predicted octanol–water partition coefficient (Wildman–Crippen LogP) is 4.06. The summed E-state index contributed by atoms with van der Waals surface area (Å²) in [7, 11) is 0. The van der Waals surface area contributed by atoms with Crippen LogP contribution in [0.25, 0.3) is 11.8 Å². The molecule has 0 aliphatic carbocycles. The lowest BCUT2D eigenvalue weighted by Crippen LogP contribution is -2.39. The van der Waals surface area contributed by atoms with Gasteiger partial charge in [0.1, 0.15) is 6.04 Å². The van der Waals surface area contributed by atoms with E-state index in [0.717, 1.165) is 15.3 Å². The van der Waals surface area contributed by atoms with Gasteiger partial charge in [-0.05, 0) is 35.9 Å². The normalized spacial score (nSPS) is 16.0. The maximum absolute atomic E-state index is 13.5. The molecule has 0 N–H and O–H groups in total. The molecule has 1 atom stereocenters. The highest BCUT2D eigenvalue weighted by Crippen LogP contribution is 2.36. The molecule has 0 bridgehead atoms. The molecule has 3 aromatic heterocycles. The standard InChI is InChI=1S/C24H18N2O3S3/c1-2-29-23(28)19-20(15-8-4-3-5-9-15)25-24-26(21(19)17-11-7-13-31-17)22(27)18(32-24)14-16-10-6-12-30-16/h3-14,21H,2H2,1H3/b18-14+/t21-/m1/s1. The number of ether oxygens (including phenoxy) is 1. The van der Waals surface area contributed by atoms with Crippen LogP contribution < -0.4 is 14.9 Å². The van der Waals surface area contributed by atoms with Crippen molar-refractivity contribution < 1.29 is 9.53 Å². The van der Waals surface area contributed by atoms with Gasteiger partial charge in [-0.2, -0.15) is 0 Å². The maximum Gasteiger partial charge on any atom is 0.338 e. The van der Waals surface area contributed by atoms with Crippen LogP contribution in [0.5, 0.6) is 0 Å². The van der Waals surface area contributed by atoms with E-state index in [2.05, 4.69) is 0 Å². The van der Waals surface area contributed by atoms with Crippen LogP contribution in [0.3, 0.4) is 0 Å². The molecule has 160 valence electrons. The number of esters is 1. The van der Waals surface area contributed by atoms with Gasteiger partial charge < -0.3 is 4.74 Å². The van der Waals surface area contributed by atoms with Crippen LogP contribution in [0.1, 0.15) is 28.3 Å². The number of carbonyl (C=O) groups is 1. The first-order valence-electron chi connectivity index (χ1n) is 10.0. The number of hydrogen-bond acceptors (Lipinski definition) is 7. The van der Waals surface area contributed by atoms with Crippen LogP contribution in [0.2, 0.25) is 0 Å². The van der Waals surface area contributed by atoms with Gasteiger partial charge in [-0.25, -0.2) is 9.79 Å². The number of thiazole rings is 1. The van der Waals surface area contributed by atoms with E-state index in [0.29, 0.717) is 20.6 Å². The van der Waals surface area contributed by atoms with Crippen molar-refractivity contribution in [3.63, 3.8) is 0 Å². The fourth-order valence-corrected chi connectivity index (χ4v) is 6.21. The van der Waals surface area contributed by atoms with E-state index in [4.69, 9.17) is 9.73 Å². The van der Waals surface area contributed by atoms with Crippen molar-refractivity contribution in [2.75, 3.05) is 6.61 Å². The summed E-state index contributed by atoms with van der Waals surface area (Å²) in [6.45, 7) is 2.02. The largest absolute Gasteiger partial charge is 0.463 e. The lowest BCUT2D eigenvalue weighted by molar-refractivity contribution is -0.138. The van der Waals surface area contributed by atoms with E-state index >= 15 is 0 Å². The van der Waals surface area contributed by atoms with Crippen molar-refractivity contribution in [2.24, 2.45) is 4.99 Å². The van der Waals surface area contributed by atoms with E-state index < -0.39 is 12.0 Å². The van der Waals surface area contributed by atoms with E-state index in [-0.39, 0.29) is 12.2 Å². The molecular weight excluding hydrogens is 460 g/mol. The number of carbonyl (C=O) groups excluding carboxylic acids is 1. The van der Waals surface area contributed by atoms with Gasteiger partial charge in [0.15, 0.2) is 4.80 Å². The van der Waals surface area contributed by atoms with Crippen molar-refractivity contribution in [1.29, 1.82) is 0 Å². The van der Waals surface area contributed by atoms with Crippen LogP contribution in [0.4, 0.5) is 0 Å². The van der Waals surface area contributed by atoms with E-state index in [9.17, 15) is 9.59 Å². The van der Waals surface area contributed by atoms with E-state index in [1.165, 1.54) is 22.7 Å². The first-order valence-corrected chi connectivity index (χ1v) is 12.6. The molecule has 5 rings (SSSR count). The Morgan fingerprint density at radius 2 is 1.88 bits per heavy atom. The Kier molecular flexibility index (Phi) is 5.73. The molecule has 0 fully saturated rings. The molecule has 8 heteroatoms. The first kappa shape index (κ1) is 20.8. The molecule has 0 amide bonds. The molecule has 1 aliphatic rings. The number of thiophene rings is 2. The van der Waals surface area contributed by atoms with Gasteiger partial charge >= 0.3 is 5.97 Å². The second-order valence-electron chi connectivity index (χ2n) is 6.96. The Morgan fingerprint density at radius 3 is 2.56 bits per heavy atom. The first-order chi connectivity index (χ1) is 15.7. The Labute approximate surface area is 195 Å². The van der Waals surface area contributed by atoms with Crippen molar-refractivity contribution in [1.82, 2.24) is 4.57 Å². The van der Waals surface area contributed by atoms with Crippen molar-refractivity contribution in [2.45, 2.75) is 13.0 Å². The molecule has 4 aromatic rings. The fourth-order valence-electron chi connectivity index (χ4n) is 3.66. The van der Waals surface area contributed by atoms with Gasteiger partial charge in [-0.15, -0.1) is 22.7 Å². The fraction of sp³-hybridized carbons (Fsp3) is 0.125. The third kappa shape index (κ3) is 3.70. The smallest absolute Gasteiger partial charge is 0.338 e. The van der Waals surface area contributed by atoms with Crippen LogP contribution >= 0.6 is 34.0 Å². The summed E-state index contributed by atoms with van der Waals surface area (Å²) < 4.78 is 7.66. The third-order valence-corrected chi connectivity index (χ3v) is 7.73. The summed E-state index contributed by atoms with van der Waals surface area (Å²) in [5.41, 5.74) is 1.59. The van der Waals surface area contributed by atoms with Crippen molar-refractivity contribution in [3.8, 4) is 0 Å². The molecule has 0 saturated heterocycles. The SMILES string of the molecule is CCOC(=O)C1=C(c2ccccc2)N=c2s/c(=C/c3cccs3)c(=O)n2[C@@H]1c1cccs1. The lowest BCUT2D eigenvalue weighted by atomic mass is 9.97. The number of hydrogen-bond donors (Lipinski definition) is 0. The van der Waals surface area contributed by atoms with Crippen LogP contribution in [-0.2, 0) is 9.53 Å². The predicted molar refractivity (Wildman–Crippen MR) is 130 cm³/mol. The van der Waals surface area contributed by atoms with Gasteiger partial charge in [-0.3, -0.25) is 9.36 Å². The van der Waals surface area contributed by atoms with Gasteiger partial charge in [-0.1, -0.05) is 53.8 Å². The molecule has 0 saturated carbocycles.